The van der Waals surface area contributed by atoms with Crippen LogP contribution in [0.2, 0.25) is 0 Å². The van der Waals surface area contributed by atoms with Crippen molar-refractivity contribution < 1.29 is 24.8 Å². The predicted octanol–water partition coefficient (Wildman–Crippen LogP) is 5.36. The summed E-state index contributed by atoms with van der Waals surface area (Å²) in [6.45, 7) is 8.85. The fourth-order valence-corrected chi connectivity index (χ4v) is 4.80. The van der Waals surface area contributed by atoms with Crippen LogP contribution in [0.25, 0.3) is 11.3 Å². The Morgan fingerprint density at radius 3 is 2.56 bits per heavy atom. The van der Waals surface area contributed by atoms with E-state index in [4.69, 9.17) is 9.72 Å². The second-order valence-corrected chi connectivity index (χ2v) is 8.77. The number of fused-ring (bicyclic) bond motifs is 6. The summed E-state index contributed by atoms with van der Waals surface area (Å²) in [5.41, 5.74) is 6.24. The average molecular weight is 511 g/mol. The fourth-order valence-electron chi connectivity index (χ4n) is 4.80. The molecule has 0 spiro atoms. The van der Waals surface area contributed by atoms with E-state index in [2.05, 4.69) is 52.1 Å². The maximum Gasteiger partial charge on any atom is 0.0987 e. The van der Waals surface area contributed by atoms with Crippen molar-refractivity contribution in [1.29, 1.82) is 0 Å². The summed E-state index contributed by atoms with van der Waals surface area (Å²) < 4.78 is 6.16. The van der Waals surface area contributed by atoms with Crippen molar-refractivity contribution in [1.82, 2.24) is 4.98 Å². The fraction of sp³-hybridized carbons (Fsp3) is 0.500. The zero-order valence-corrected chi connectivity index (χ0v) is 17.7. The van der Waals surface area contributed by atoms with Crippen molar-refractivity contribution >= 4 is 0 Å². The number of rotatable bonds is 1. The van der Waals surface area contributed by atoms with Gasteiger partial charge in [0.1, 0.15) is 0 Å². The van der Waals surface area contributed by atoms with Crippen molar-refractivity contribution in [2.45, 2.75) is 69.8 Å². The van der Waals surface area contributed by atoms with Crippen molar-refractivity contribution in [2.24, 2.45) is 0 Å². The van der Waals surface area contributed by atoms with Crippen molar-refractivity contribution in [3.05, 3.63) is 47.2 Å². The largest absolute Gasteiger partial charge is 0.530 e. The SMILES string of the molecule is CC1(C)Oc2c[c-]c(-c3cc4c(cn3)C3CCC4C3)cc2C1(C)C.[Ir]. The van der Waals surface area contributed by atoms with Gasteiger partial charge in [-0.15, -0.1) is 23.8 Å². The van der Waals surface area contributed by atoms with Crippen LogP contribution in [0.15, 0.2) is 24.4 Å². The molecule has 1 saturated carbocycles. The van der Waals surface area contributed by atoms with Crippen LogP contribution in [0.5, 0.6) is 5.75 Å². The van der Waals surface area contributed by atoms with Gasteiger partial charge < -0.3 is 9.72 Å². The molecule has 25 heavy (non-hydrogen) atoms. The van der Waals surface area contributed by atoms with Crippen LogP contribution >= 0.6 is 0 Å². The summed E-state index contributed by atoms with van der Waals surface area (Å²) in [4.78, 5) is 4.78. The zero-order chi connectivity index (χ0) is 16.7. The number of hydrogen-bond acceptors (Lipinski definition) is 2. The zero-order valence-electron chi connectivity index (χ0n) is 15.3. The molecule has 2 nitrogen and oxygen atoms in total. The maximum atomic E-state index is 6.16. The van der Waals surface area contributed by atoms with Crippen molar-refractivity contribution in [3.63, 3.8) is 0 Å². The van der Waals surface area contributed by atoms with E-state index in [1.807, 2.05) is 6.07 Å². The molecular weight excluding hydrogens is 486 g/mol. The molecule has 1 radical (unpaired) electrons. The first-order chi connectivity index (χ1) is 11.4. The molecule has 1 aliphatic heterocycles. The topological polar surface area (TPSA) is 22.1 Å². The van der Waals surface area contributed by atoms with Crippen LogP contribution in [-0.2, 0) is 25.5 Å². The van der Waals surface area contributed by atoms with Gasteiger partial charge in [-0.25, -0.2) is 0 Å². The summed E-state index contributed by atoms with van der Waals surface area (Å²) >= 11 is 0. The Kier molecular flexibility index (Phi) is 3.73. The van der Waals surface area contributed by atoms with E-state index < -0.39 is 0 Å². The Morgan fingerprint density at radius 1 is 1.08 bits per heavy atom. The smallest absolute Gasteiger partial charge is 0.0987 e. The maximum absolute atomic E-state index is 6.16. The summed E-state index contributed by atoms with van der Waals surface area (Å²) in [5.74, 6) is 2.50. The van der Waals surface area contributed by atoms with Crippen LogP contribution < -0.4 is 4.74 Å². The Hall–Kier alpha value is -1.18. The molecule has 5 rings (SSSR count). The Morgan fingerprint density at radius 2 is 1.80 bits per heavy atom. The molecule has 2 unspecified atom stereocenters. The van der Waals surface area contributed by atoms with Gasteiger partial charge in [0.2, 0.25) is 0 Å². The van der Waals surface area contributed by atoms with E-state index in [0.29, 0.717) is 0 Å². The summed E-state index contributed by atoms with van der Waals surface area (Å²) in [6.07, 6.45) is 6.17. The van der Waals surface area contributed by atoms with E-state index in [0.717, 1.165) is 28.8 Å². The monoisotopic (exact) mass is 511 g/mol. The number of aromatic nitrogens is 1. The minimum absolute atomic E-state index is 0. The third-order valence-electron chi connectivity index (χ3n) is 7.01. The van der Waals surface area contributed by atoms with Crippen LogP contribution in [0, 0.1) is 6.07 Å². The minimum Gasteiger partial charge on any atom is -0.530 e. The molecule has 3 heteroatoms. The Bertz CT molecular complexity index is 855. The number of benzene rings is 1. The summed E-state index contributed by atoms with van der Waals surface area (Å²) in [7, 11) is 0. The number of hydrogen-bond donors (Lipinski definition) is 0. The quantitative estimate of drug-likeness (QED) is 0.482. The second kappa shape index (κ2) is 5.41. The molecule has 1 aromatic carbocycles. The number of pyridine rings is 1. The van der Waals surface area contributed by atoms with Crippen molar-refractivity contribution in [2.75, 3.05) is 0 Å². The Labute approximate surface area is 163 Å². The molecule has 2 atom stereocenters. The molecule has 0 amide bonds. The molecule has 0 N–H and O–H groups in total. The Balaban J connectivity index is 0.00000157. The third kappa shape index (κ3) is 2.28. The first-order valence-corrected chi connectivity index (χ1v) is 9.12. The van der Waals surface area contributed by atoms with Gasteiger partial charge in [0.15, 0.2) is 0 Å². The third-order valence-corrected chi connectivity index (χ3v) is 7.01. The average Bonchev–Trinajstić information content (AvgIpc) is 3.20. The van der Waals surface area contributed by atoms with E-state index in [1.54, 1.807) is 5.56 Å². The predicted molar refractivity (Wildman–Crippen MR) is 95.6 cm³/mol. The van der Waals surface area contributed by atoms with Gasteiger partial charge >= 0.3 is 0 Å². The molecular formula is C22H24IrNO-. The van der Waals surface area contributed by atoms with E-state index in [1.165, 1.54) is 30.4 Å². The van der Waals surface area contributed by atoms with Gasteiger partial charge in [0.05, 0.1) is 5.60 Å². The molecule has 0 saturated heterocycles. The minimum atomic E-state index is -0.202. The first-order valence-electron chi connectivity index (χ1n) is 9.12. The molecule has 2 bridgehead atoms. The van der Waals surface area contributed by atoms with Crippen LogP contribution in [0.3, 0.4) is 0 Å². The standard InChI is InChI=1S/C22H24NO.Ir/c1-21(2)18-10-15(7-8-20(18)24-22(21,3)4)19-11-16-13-5-6-14(9-13)17(16)12-23-19;/h8,10-14H,5-6,9H2,1-4H3;/q-1;. The van der Waals surface area contributed by atoms with Crippen molar-refractivity contribution in [3.8, 4) is 17.0 Å². The second-order valence-electron chi connectivity index (χ2n) is 8.77. The van der Waals surface area contributed by atoms with Gasteiger partial charge in [0, 0.05) is 37.5 Å². The van der Waals surface area contributed by atoms with Crippen LogP contribution in [0.4, 0.5) is 0 Å². The molecule has 2 aromatic rings. The molecule has 2 heterocycles. The van der Waals surface area contributed by atoms with Crippen LogP contribution in [0.1, 0.15) is 75.5 Å². The number of ether oxygens (including phenoxy) is 1. The van der Waals surface area contributed by atoms with E-state index in [-0.39, 0.29) is 31.1 Å². The molecule has 133 valence electrons. The van der Waals surface area contributed by atoms with Gasteiger partial charge in [-0.05, 0) is 61.8 Å². The molecule has 3 aliphatic rings. The molecule has 2 aliphatic carbocycles. The van der Waals surface area contributed by atoms with Gasteiger partial charge in [-0.2, -0.15) is 0 Å². The van der Waals surface area contributed by atoms with Crippen LogP contribution in [-0.4, -0.2) is 10.6 Å². The first kappa shape index (κ1) is 17.2. The number of nitrogens with zero attached hydrogens (tertiary/aromatic N) is 1. The molecule has 1 fully saturated rings. The van der Waals surface area contributed by atoms with Gasteiger partial charge in [-0.3, -0.25) is 0 Å². The van der Waals surface area contributed by atoms with E-state index >= 15 is 0 Å². The molecule has 1 aromatic heterocycles. The van der Waals surface area contributed by atoms with Gasteiger partial charge in [0.25, 0.3) is 0 Å². The van der Waals surface area contributed by atoms with E-state index in [9.17, 15) is 0 Å². The normalized spacial score (nSPS) is 26.6. The summed E-state index contributed by atoms with van der Waals surface area (Å²) in [6, 6.07) is 9.98. The van der Waals surface area contributed by atoms with Gasteiger partial charge in [-0.1, -0.05) is 25.5 Å². The summed E-state index contributed by atoms with van der Waals surface area (Å²) in [5, 5.41) is 0.